The van der Waals surface area contributed by atoms with E-state index in [-0.39, 0.29) is 0 Å². The largest absolute Gasteiger partial charge is 0.113 e. The van der Waals surface area contributed by atoms with E-state index in [1.54, 1.807) is 20.7 Å². The molecule has 0 aromatic heterocycles. The quantitative estimate of drug-likeness (QED) is 0.115. The Bertz CT molecular complexity index is 5200. The summed E-state index contributed by atoms with van der Waals surface area (Å²) in [5.41, 5.74) is 21.1. The van der Waals surface area contributed by atoms with Crippen molar-refractivity contribution in [1.82, 2.24) is 0 Å². The zero-order chi connectivity index (χ0) is 58.6. The number of hydrogen-bond acceptors (Lipinski definition) is 0. The highest BCUT2D eigenvalue weighted by Crippen LogP contribution is 2.48. The lowest BCUT2D eigenvalue weighted by Gasteiger charge is -2.29. The van der Waals surface area contributed by atoms with Gasteiger partial charge in [0.05, 0.1) is 0 Å². The van der Waals surface area contributed by atoms with Crippen LogP contribution in [0.2, 0.25) is 26.2 Å². The minimum Gasteiger partial charge on any atom is -0.0616 e. The molecule has 412 valence electrons. The van der Waals surface area contributed by atoms with Gasteiger partial charge in [-0.1, -0.05) is 305 Å². The first-order valence-electron chi connectivity index (χ1n) is 31.1. The van der Waals surface area contributed by atoms with E-state index in [0.717, 1.165) is 0 Å². The molecule has 0 amide bonds. The van der Waals surface area contributed by atoms with Crippen LogP contribution in [0.1, 0.15) is 0 Å². The van der Waals surface area contributed by atoms with Gasteiger partial charge in [0.1, 0.15) is 16.1 Å². The Labute approximate surface area is 515 Å². The molecule has 0 fully saturated rings. The molecule has 0 N–H and O–H groups in total. The van der Waals surface area contributed by atoms with Crippen LogP contribution in [-0.2, 0) is 0 Å². The zero-order valence-corrected chi connectivity index (χ0v) is 51.7. The molecule has 0 radical (unpaired) electrons. The number of benzene rings is 16. The van der Waals surface area contributed by atoms with Crippen molar-refractivity contribution in [2.24, 2.45) is 0 Å². The molecule has 0 unspecified atom stereocenters. The highest BCUT2D eigenvalue weighted by molar-refractivity contribution is 7.13. The maximum Gasteiger partial charge on any atom is 0.113 e. The van der Waals surface area contributed by atoms with Gasteiger partial charge in [0.2, 0.25) is 0 Å². The Hall–Kier alpha value is -10.2. The van der Waals surface area contributed by atoms with Crippen molar-refractivity contribution in [2.45, 2.75) is 26.2 Å². The molecule has 88 heavy (non-hydrogen) atoms. The van der Waals surface area contributed by atoms with Gasteiger partial charge in [0, 0.05) is 0 Å². The summed E-state index contributed by atoms with van der Waals surface area (Å²) in [6.45, 7) is 10.6. The minimum absolute atomic E-state index is 1.24. The summed E-state index contributed by atoms with van der Waals surface area (Å²) in [4.78, 5) is 0. The van der Waals surface area contributed by atoms with Crippen molar-refractivity contribution >= 4 is 112 Å². The summed E-state index contributed by atoms with van der Waals surface area (Å²) < 4.78 is 0. The molecule has 0 bridgehead atoms. The summed E-state index contributed by atoms with van der Waals surface area (Å²) >= 11 is 0. The van der Waals surface area contributed by atoms with E-state index in [2.05, 4.69) is 317 Å². The Morgan fingerprint density at radius 1 is 0.182 bits per heavy atom. The first kappa shape index (κ1) is 51.0. The fourth-order valence-corrected chi connectivity index (χ4v) is 24.8. The molecule has 2 aliphatic rings. The average Bonchev–Trinajstić information content (AvgIpc) is 1.56. The lowest BCUT2D eigenvalue weighted by molar-refractivity contribution is 1.62. The van der Waals surface area contributed by atoms with Gasteiger partial charge < -0.3 is 0 Å². The van der Waals surface area contributed by atoms with Gasteiger partial charge in [0.15, 0.2) is 0 Å². The molecule has 16 aromatic rings. The smallest absolute Gasteiger partial charge is 0.0616 e. The van der Waals surface area contributed by atoms with Crippen molar-refractivity contribution < 1.29 is 0 Å². The van der Waals surface area contributed by atoms with Crippen molar-refractivity contribution in [3.8, 4) is 89.0 Å². The van der Waals surface area contributed by atoms with E-state index in [1.165, 1.54) is 164 Å². The summed E-state index contributed by atoms with van der Waals surface area (Å²) in [5.74, 6) is 0. The summed E-state index contributed by atoms with van der Waals surface area (Å²) in [6.07, 6.45) is 0. The van der Waals surface area contributed by atoms with E-state index in [0.29, 0.717) is 0 Å². The van der Waals surface area contributed by atoms with Crippen LogP contribution < -0.4 is 20.7 Å². The van der Waals surface area contributed by atoms with Crippen molar-refractivity contribution in [1.29, 1.82) is 0 Å². The number of rotatable bonds is 6. The Balaban J connectivity index is 0.702. The summed E-state index contributed by atoms with van der Waals surface area (Å²) in [6, 6.07) is 111. The standard InChI is InChI=1S/C86H60Si2/c1-87(2)77-51-61(55-33-39-57(40-34-55)79-65-23-9-13-27-69(65)81(70-28-14-10-24-66(70)79)63-43-37-53-19-5-7-21-59(53)49-63)45-47-75(77)83-73-31-17-18-32-74(73)84-76-48-46-62(52-78(76)88(3,4)86(84)85(83)87)56-35-41-58(42-36-56)80-67-25-11-15-29-71(67)82(72-30-16-12-26-68(72)80)64-44-38-54-20-6-8-22-60(54)50-64/h5-52H,1-4H3. The normalized spacial score (nSPS) is 13.6. The van der Waals surface area contributed by atoms with E-state index in [1.807, 2.05) is 0 Å². The lowest BCUT2D eigenvalue weighted by atomic mass is 9.85. The first-order chi connectivity index (χ1) is 43.2. The average molecular weight is 1150 g/mol. The van der Waals surface area contributed by atoms with Crippen LogP contribution in [0.4, 0.5) is 0 Å². The molecule has 0 saturated carbocycles. The van der Waals surface area contributed by atoms with Crippen molar-refractivity contribution in [3.05, 3.63) is 291 Å². The molecule has 18 rings (SSSR count). The molecule has 0 aliphatic carbocycles. The second kappa shape index (κ2) is 19.1. The fourth-order valence-electron chi connectivity index (χ4n) is 16.3. The predicted octanol–water partition coefficient (Wildman–Crippen LogP) is 21.4. The van der Waals surface area contributed by atoms with Crippen LogP contribution in [0.25, 0.3) is 164 Å². The highest BCUT2D eigenvalue weighted by atomic mass is 28.3. The third-order valence-corrected chi connectivity index (χ3v) is 27.6. The molecule has 0 saturated heterocycles. The molecule has 2 heterocycles. The fraction of sp³-hybridized carbons (Fsp3) is 0.0465. The minimum atomic E-state index is -2.28. The molecule has 2 aliphatic heterocycles. The van der Waals surface area contributed by atoms with E-state index >= 15 is 0 Å². The second-order valence-electron chi connectivity index (χ2n) is 25.8. The molecule has 0 spiro atoms. The molecule has 0 atom stereocenters. The Kier molecular flexibility index (Phi) is 11.1. The van der Waals surface area contributed by atoms with Crippen LogP contribution >= 0.6 is 0 Å². The number of hydrogen-bond donors (Lipinski definition) is 0. The van der Waals surface area contributed by atoms with E-state index in [4.69, 9.17) is 0 Å². The summed E-state index contributed by atoms with van der Waals surface area (Å²) in [5, 5.41) is 24.5. The molecular weight excluding hydrogens is 1090 g/mol. The van der Waals surface area contributed by atoms with Gasteiger partial charge in [-0.05, 0) is 197 Å². The van der Waals surface area contributed by atoms with E-state index in [9.17, 15) is 0 Å². The van der Waals surface area contributed by atoms with Gasteiger partial charge >= 0.3 is 0 Å². The first-order valence-corrected chi connectivity index (χ1v) is 37.1. The molecule has 16 aromatic carbocycles. The van der Waals surface area contributed by atoms with Gasteiger partial charge in [0.25, 0.3) is 0 Å². The Morgan fingerprint density at radius 3 is 0.739 bits per heavy atom. The third kappa shape index (κ3) is 7.43. The monoisotopic (exact) mass is 1150 g/mol. The second-order valence-corrected chi connectivity index (χ2v) is 34.4. The van der Waals surface area contributed by atoms with Crippen LogP contribution in [0, 0.1) is 0 Å². The maximum atomic E-state index is 2.64. The van der Waals surface area contributed by atoms with Crippen molar-refractivity contribution in [2.75, 3.05) is 0 Å². The zero-order valence-electron chi connectivity index (χ0n) is 49.7. The van der Waals surface area contributed by atoms with Gasteiger partial charge in [-0.3, -0.25) is 0 Å². The topological polar surface area (TPSA) is 0 Å². The van der Waals surface area contributed by atoms with E-state index < -0.39 is 16.1 Å². The van der Waals surface area contributed by atoms with Gasteiger partial charge in [-0.25, -0.2) is 0 Å². The van der Waals surface area contributed by atoms with Crippen LogP contribution in [-0.4, -0.2) is 16.1 Å². The Morgan fingerprint density at radius 2 is 0.420 bits per heavy atom. The molecule has 0 nitrogen and oxygen atoms in total. The third-order valence-electron chi connectivity index (χ3n) is 20.3. The van der Waals surface area contributed by atoms with Gasteiger partial charge in [-0.2, -0.15) is 0 Å². The molecular formula is C86H60Si2. The lowest BCUT2D eigenvalue weighted by Crippen LogP contribution is -2.63. The predicted molar refractivity (Wildman–Crippen MR) is 386 cm³/mol. The van der Waals surface area contributed by atoms with Crippen molar-refractivity contribution in [3.63, 3.8) is 0 Å². The van der Waals surface area contributed by atoms with Crippen LogP contribution in [0.15, 0.2) is 291 Å². The highest BCUT2D eigenvalue weighted by Gasteiger charge is 2.49. The maximum absolute atomic E-state index is 2.64. The summed E-state index contributed by atoms with van der Waals surface area (Å²) in [7, 11) is -4.55. The number of fused-ring (bicyclic) bond motifs is 16. The van der Waals surface area contributed by atoms with Crippen LogP contribution in [0.3, 0.4) is 0 Å². The molecule has 2 heteroatoms. The SMILES string of the molecule is C[Si]1(C)c2cc(-c3ccc(-c4c5ccccc5c(-c5ccc6ccccc6c5)c5ccccc45)cc3)ccc2-c2c1c1c(c3ccccc23)-c2ccc(-c3ccc(-c4c5ccccc5c(-c5ccc6ccccc6c5)c5ccccc45)cc3)cc2[Si]1(C)C. The van der Waals surface area contributed by atoms with Crippen LogP contribution in [0.5, 0.6) is 0 Å². The van der Waals surface area contributed by atoms with Gasteiger partial charge in [-0.15, -0.1) is 0 Å².